The Hall–Kier alpha value is -2.63. The van der Waals surface area contributed by atoms with E-state index in [9.17, 15) is 9.59 Å². The predicted octanol–water partition coefficient (Wildman–Crippen LogP) is 2.80. The first-order valence-electron chi connectivity index (χ1n) is 9.25. The zero-order chi connectivity index (χ0) is 18.4. The monoisotopic (exact) mass is 352 g/mol. The van der Waals surface area contributed by atoms with Gasteiger partial charge < -0.3 is 9.88 Å². The van der Waals surface area contributed by atoms with Crippen molar-refractivity contribution in [1.82, 2.24) is 19.3 Å². The molecule has 0 spiro atoms. The number of carbonyl (C=O) groups is 1. The lowest BCUT2D eigenvalue weighted by Crippen LogP contribution is -2.41. The van der Waals surface area contributed by atoms with Gasteiger partial charge in [-0.2, -0.15) is 0 Å². The van der Waals surface area contributed by atoms with Crippen molar-refractivity contribution in [2.45, 2.75) is 45.6 Å². The molecule has 1 aliphatic carbocycles. The molecule has 1 N–H and O–H groups in total. The van der Waals surface area contributed by atoms with Gasteiger partial charge in [0.2, 0.25) is 0 Å². The molecule has 4 rings (SSSR count). The van der Waals surface area contributed by atoms with Crippen molar-refractivity contribution in [3.8, 4) is 0 Å². The largest absolute Gasteiger partial charge is 0.348 e. The minimum absolute atomic E-state index is 0.130. The van der Waals surface area contributed by atoms with Crippen molar-refractivity contribution in [2.24, 2.45) is 13.0 Å². The Morgan fingerprint density at radius 3 is 2.81 bits per heavy atom. The minimum atomic E-state index is -0.144. The van der Waals surface area contributed by atoms with Crippen molar-refractivity contribution in [1.29, 1.82) is 0 Å². The smallest absolute Gasteiger partial charge is 0.268 e. The van der Waals surface area contributed by atoms with E-state index in [1.165, 1.54) is 6.42 Å². The standard InChI is InChI=1S/C20H24N4O2/c1-12-7-4-5-9-15(12)21-19(25)16-11-14-18(23(16)3)22-17-13(2)8-6-10-24(17)20(14)26/h6,8,10-12,15H,4-5,7,9H2,1-3H3,(H,21,25). The fraction of sp³-hybridized carbons (Fsp3) is 0.450. The summed E-state index contributed by atoms with van der Waals surface area (Å²) in [5.74, 6) is 0.353. The highest BCUT2D eigenvalue weighted by molar-refractivity contribution is 5.98. The maximum absolute atomic E-state index is 12.9. The van der Waals surface area contributed by atoms with Gasteiger partial charge >= 0.3 is 0 Å². The van der Waals surface area contributed by atoms with E-state index in [4.69, 9.17) is 0 Å². The van der Waals surface area contributed by atoms with Crippen LogP contribution >= 0.6 is 0 Å². The molecular weight excluding hydrogens is 328 g/mol. The van der Waals surface area contributed by atoms with Crippen LogP contribution in [0.3, 0.4) is 0 Å². The van der Waals surface area contributed by atoms with Gasteiger partial charge in [-0.25, -0.2) is 4.98 Å². The molecule has 1 amide bonds. The number of hydrogen-bond acceptors (Lipinski definition) is 3. The van der Waals surface area contributed by atoms with E-state index >= 15 is 0 Å². The molecule has 0 aromatic carbocycles. The molecule has 0 aliphatic heterocycles. The van der Waals surface area contributed by atoms with Crippen LogP contribution in [0.15, 0.2) is 29.2 Å². The van der Waals surface area contributed by atoms with E-state index in [-0.39, 0.29) is 17.5 Å². The van der Waals surface area contributed by atoms with Crippen LogP contribution in [0.4, 0.5) is 0 Å². The predicted molar refractivity (Wildman–Crippen MR) is 102 cm³/mol. The number of rotatable bonds is 2. The summed E-state index contributed by atoms with van der Waals surface area (Å²) in [5.41, 5.74) is 2.44. The number of aromatic nitrogens is 3. The first-order chi connectivity index (χ1) is 12.5. The van der Waals surface area contributed by atoms with Gasteiger partial charge in [-0.15, -0.1) is 0 Å². The Balaban J connectivity index is 1.79. The number of amides is 1. The Labute approximate surface area is 151 Å². The summed E-state index contributed by atoms with van der Waals surface area (Å²) in [6.07, 6.45) is 6.26. The molecule has 3 heterocycles. The van der Waals surface area contributed by atoms with Gasteiger partial charge in [0.25, 0.3) is 11.5 Å². The lowest BCUT2D eigenvalue weighted by atomic mass is 9.86. The molecule has 1 aliphatic rings. The van der Waals surface area contributed by atoms with Gasteiger partial charge in [0.1, 0.15) is 17.0 Å². The molecule has 6 heteroatoms. The normalized spacial score (nSPS) is 20.6. The van der Waals surface area contributed by atoms with E-state index < -0.39 is 0 Å². The number of aryl methyl sites for hydroxylation is 2. The summed E-state index contributed by atoms with van der Waals surface area (Å²) in [6, 6.07) is 5.62. The number of carbonyl (C=O) groups excluding carboxylic acids is 1. The molecule has 3 aromatic rings. The molecule has 0 saturated heterocycles. The number of pyridine rings is 1. The fourth-order valence-electron chi connectivity index (χ4n) is 4.02. The van der Waals surface area contributed by atoms with Crippen molar-refractivity contribution in [2.75, 3.05) is 0 Å². The Bertz CT molecular complexity index is 1060. The lowest BCUT2D eigenvalue weighted by molar-refractivity contribution is 0.0902. The molecule has 2 unspecified atom stereocenters. The van der Waals surface area contributed by atoms with E-state index in [2.05, 4.69) is 17.2 Å². The zero-order valence-corrected chi connectivity index (χ0v) is 15.5. The Morgan fingerprint density at radius 1 is 1.27 bits per heavy atom. The summed E-state index contributed by atoms with van der Waals surface area (Å²) in [6.45, 7) is 4.11. The van der Waals surface area contributed by atoms with Crippen molar-refractivity contribution in [3.05, 3.63) is 46.0 Å². The number of hydrogen-bond donors (Lipinski definition) is 1. The van der Waals surface area contributed by atoms with Crippen LogP contribution in [0.5, 0.6) is 0 Å². The fourth-order valence-corrected chi connectivity index (χ4v) is 4.02. The summed E-state index contributed by atoms with van der Waals surface area (Å²) >= 11 is 0. The first kappa shape index (κ1) is 16.8. The molecule has 0 bridgehead atoms. The van der Waals surface area contributed by atoms with Gasteiger partial charge in [0, 0.05) is 19.3 Å². The molecule has 1 saturated carbocycles. The molecule has 26 heavy (non-hydrogen) atoms. The van der Waals surface area contributed by atoms with Crippen LogP contribution in [0, 0.1) is 12.8 Å². The molecule has 1 fully saturated rings. The molecular formula is C20H24N4O2. The van der Waals surface area contributed by atoms with Crippen LogP contribution in [-0.2, 0) is 7.05 Å². The average molecular weight is 352 g/mol. The first-order valence-corrected chi connectivity index (χ1v) is 9.25. The third-order valence-corrected chi connectivity index (χ3v) is 5.68. The lowest BCUT2D eigenvalue weighted by Gasteiger charge is -2.29. The summed E-state index contributed by atoms with van der Waals surface area (Å²) in [5, 5.41) is 3.63. The maximum atomic E-state index is 12.9. The minimum Gasteiger partial charge on any atom is -0.348 e. The van der Waals surface area contributed by atoms with E-state index in [0.717, 1.165) is 24.8 Å². The van der Waals surface area contributed by atoms with Gasteiger partial charge in [-0.1, -0.05) is 25.8 Å². The van der Waals surface area contributed by atoms with Crippen LogP contribution in [0.25, 0.3) is 16.7 Å². The van der Waals surface area contributed by atoms with Gasteiger partial charge in [0.15, 0.2) is 0 Å². The van der Waals surface area contributed by atoms with Crippen LogP contribution in [0.1, 0.15) is 48.7 Å². The van der Waals surface area contributed by atoms with E-state index in [0.29, 0.717) is 28.3 Å². The number of nitrogens with zero attached hydrogens (tertiary/aromatic N) is 3. The quantitative estimate of drug-likeness (QED) is 0.771. The van der Waals surface area contributed by atoms with Crippen molar-refractivity contribution < 1.29 is 4.79 Å². The highest BCUT2D eigenvalue weighted by Gasteiger charge is 2.25. The third kappa shape index (κ3) is 2.60. The summed E-state index contributed by atoms with van der Waals surface area (Å²) in [7, 11) is 1.79. The van der Waals surface area contributed by atoms with Crippen LogP contribution in [-0.4, -0.2) is 25.9 Å². The van der Waals surface area contributed by atoms with Gasteiger partial charge in [-0.05, 0) is 43.4 Å². The van der Waals surface area contributed by atoms with Crippen LogP contribution < -0.4 is 10.9 Å². The molecule has 2 atom stereocenters. The molecule has 136 valence electrons. The molecule has 6 nitrogen and oxygen atoms in total. The second kappa shape index (κ2) is 6.27. The average Bonchev–Trinajstić information content (AvgIpc) is 2.96. The molecule has 0 radical (unpaired) electrons. The van der Waals surface area contributed by atoms with E-state index in [1.807, 2.05) is 19.1 Å². The summed E-state index contributed by atoms with van der Waals surface area (Å²) < 4.78 is 3.27. The Kier molecular flexibility index (Phi) is 4.05. The Morgan fingerprint density at radius 2 is 2.04 bits per heavy atom. The number of nitrogens with one attached hydrogen (secondary N) is 1. The zero-order valence-electron chi connectivity index (χ0n) is 15.5. The highest BCUT2D eigenvalue weighted by Crippen LogP contribution is 2.24. The van der Waals surface area contributed by atoms with Gasteiger partial charge in [-0.3, -0.25) is 14.0 Å². The molecule has 3 aromatic heterocycles. The van der Waals surface area contributed by atoms with Crippen LogP contribution in [0.2, 0.25) is 0 Å². The van der Waals surface area contributed by atoms with Crippen molar-refractivity contribution in [3.63, 3.8) is 0 Å². The SMILES string of the molecule is Cc1cccn2c(=O)c3cc(C(=O)NC4CCCCC4C)n(C)c3nc12. The van der Waals surface area contributed by atoms with Crippen molar-refractivity contribution >= 4 is 22.6 Å². The van der Waals surface area contributed by atoms with Gasteiger partial charge in [0.05, 0.1) is 5.39 Å². The summed E-state index contributed by atoms with van der Waals surface area (Å²) in [4.78, 5) is 30.3. The third-order valence-electron chi connectivity index (χ3n) is 5.68. The second-order valence-corrected chi connectivity index (χ2v) is 7.47. The highest BCUT2D eigenvalue weighted by atomic mass is 16.2. The number of fused-ring (bicyclic) bond motifs is 2. The second-order valence-electron chi connectivity index (χ2n) is 7.47. The topological polar surface area (TPSA) is 68.4 Å². The maximum Gasteiger partial charge on any atom is 0.268 e. The van der Waals surface area contributed by atoms with E-state index in [1.54, 1.807) is 28.3 Å².